The molecular formula is C19H18ClF3N2O5S. The number of nitrogens with zero attached hydrogens (tertiary/aromatic N) is 1. The molecule has 31 heavy (non-hydrogen) atoms. The molecule has 0 fully saturated rings. The Morgan fingerprint density at radius 1 is 1.19 bits per heavy atom. The van der Waals surface area contributed by atoms with Gasteiger partial charge < -0.3 is 10.1 Å². The van der Waals surface area contributed by atoms with Crippen LogP contribution in [0.25, 0.3) is 0 Å². The quantitative estimate of drug-likeness (QED) is 0.636. The number of halogens is 4. The summed E-state index contributed by atoms with van der Waals surface area (Å²) >= 11 is 5.58. The van der Waals surface area contributed by atoms with Crippen molar-refractivity contribution in [1.29, 1.82) is 0 Å². The highest BCUT2D eigenvalue weighted by Crippen LogP contribution is 2.37. The van der Waals surface area contributed by atoms with E-state index in [0.29, 0.717) is 15.9 Å². The number of alkyl halides is 3. The van der Waals surface area contributed by atoms with Gasteiger partial charge in [-0.15, -0.1) is 0 Å². The predicted molar refractivity (Wildman–Crippen MR) is 110 cm³/mol. The fraction of sp³-hybridized carbons (Fsp3) is 0.263. The lowest BCUT2D eigenvalue weighted by Gasteiger charge is -2.23. The van der Waals surface area contributed by atoms with Crippen LogP contribution in [0.15, 0.2) is 36.4 Å². The first-order valence-corrected chi connectivity index (χ1v) is 10.8. The highest BCUT2D eigenvalue weighted by atomic mass is 35.5. The number of carbonyl (C=O) groups excluding carboxylic acids is 2. The Hall–Kier alpha value is -2.79. The molecule has 12 heteroatoms. The van der Waals surface area contributed by atoms with Gasteiger partial charge in [-0.1, -0.05) is 17.7 Å². The summed E-state index contributed by atoms with van der Waals surface area (Å²) < 4.78 is 69.0. The maximum atomic E-state index is 13.1. The molecule has 1 N–H and O–H groups in total. The standard InChI is InChI=1S/C19H18ClF3N2O5S/c1-11-13(18(27)30-2)5-4-6-16(11)24-17(26)10-25(31(3,28)29)12-7-8-15(20)14(9-12)19(21,22)23/h4-9H,10H2,1-3H3,(H,24,26). The Labute approximate surface area is 181 Å². The summed E-state index contributed by atoms with van der Waals surface area (Å²) in [6.07, 6.45) is -4.06. The van der Waals surface area contributed by atoms with Crippen LogP contribution < -0.4 is 9.62 Å². The van der Waals surface area contributed by atoms with Crippen molar-refractivity contribution in [2.24, 2.45) is 0 Å². The number of amides is 1. The van der Waals surface area contributed by atoms with Gasteiger partial charge in [0.2, 0.25) is 15.9 Å². The van der Waals surface area contributed by atoms with Gasteiger partial charge in [-0.3, -0.25) is 9.10 Å². The van der Waals surface area contributed by atoms with E-state index in [0.717, 1.165) is 18.4 Å². The van der Waals surface area contributed by atoms with Crippen LogP contribution in [-0.2, 0) is 25.7 Å². The lowest BCUT2D eigenvalue weighted by atomic mass is 10.1. The molecule has 2 aromatic rings. The summed E-state index contributed by atoms with van der Waals surface area (Å²) in [4.78, 5) is 24.3. The van der Waals surface area contributed by atoms with Crippen LogP contribution in [0.4, 0.5) is 24.5 Å². The molecule has 2 rings (SSSR count). The molecule has 0 aliphatic carbocycles. The van der Waals surface area contributed by atoms with E-state index < -0.39 is 45.2 Å². The minimum Gasteiger partial charge on any atom is -0.465 e. The molecule has 0 bridgehead atoms. The molecule has 0 aromatic heterocycles. The first-order valence-electron chi connectivity index (χ1n) is 8.58. The molecule has 0 atom stereocenters. The van der Waals surface area contributed by atoms with Crippen molar-refractivity contribution in [1.82, 2.24) is 0 Å². The summed E-state index contributed by atoms with van der Waals surface area (Å²) in [5, 5.41) is 1.85. The lowest BCUT2D eigenvalue weighted by molar-refractivity contribution is -0.137. The fourth-order valence-electron chi connectivity index (χ4n) is 2.71. The maximum absolute atomic E-state index is 13.1. The Morgan fingerprint density at radius 3 is 2.39 bits per heavy atom. The Bertz CT molecular complexity index is 1120. The first kappa shape index (κ1) is 24.5. The molecule has 0 heterocycles. The molecule has 0 unspecified atom stereocenters. The summed E-state index contributed by atoms with van der Waals surface area (Å²) in [6, 6.07) is 6.97. The molecule has 7 nitrogen and oxygen atoms in total. The fourth-order valence-corrected chi connectivity index (χ4v) is 3.78. The van der Waals surface area contributed by atoms with Crippen molar-refractivity contribution in [2.45, 2.75) is 13.1 Å². The number of rotatable bonds is 6. The Balaban J connectivity index is 2.36. The number of anilines is 2. The predicted octanol–water partition coefficient (Wildman–Crippen LogP) is 3.86. The number of esters is 1. The Kier molecular flexibility index (Phi) is 7.22. The van der Waals surface area contributed by atoms with Gasteiger partial charge in [0.15, 0.2) is 0 Å². The van der Waals surface area contributed by atoms with E-state index in [2.05, 4.69) is 10.1 Å². The second-order valence-corrected chi connectivity index (χ2v) is 8.76. The monoisotopic (exact) mass is 478 g/mol. The van der Waals surface area contributed by atoms with Crippen LogP contribution in [0, 0.1) is 6.92 Å². The van der Waals surface area contributed by atoms with Gasteiger partial charge in [0.1, 0.15) is 6.54 Å². The summed E-state index contributed by atoms with van der Waals surface area (Å²) in [5.74, 6) is -1.47. The molecule has 0 saturated heterocycles. The molecule has 0 aliphatic rings. The average Bonchev–Trinajstić information content (AvgIpc) is 2.66. The number of ether oxygens (including phenoxy) is 1. The minimum atomic E-state index is -4.82. The largest absolute Gasteiger partial charge is 0.465 e. The zero-order chi connectivity index (χ0) is 23.6. The third kappa shape index (κ3) is 5.88. The Morgan fingerprint density at radius 2 is 1.84 bits per heavy atom. The van der Waals surface area contributed by atoms with Gasteiger partial charge in [0, 0.05) is 5.69 Å². The average molecular weight is 479 g/mol. The van der Waals surface area contributed by atoms with Crippen LogP contribution in [-0.4, -0.2) is 40.2 Å². The van der Waals surface area contributed by atoms with Crippen LogP contribution in [0.2, 0.25) is 5.02 Å². The zero-order valence-corrected chi connectivity index (χ0v) is 18.2. The lowest BCUT2D eigenvalue weighted by Crippen LogP contribution is -2.37. The summed E-state index contributed by atoms with van der Waals surface area (Å²) in [6.45, 7) is 0.741. The van der Waals surface area contributed by atoms with Crippen LogP contribution in [0.3, 0.4) is 0 Å². The van der Waals surface area contributed by atoms with Crippen LogP contribution in [0.5, 0.6) is 0 Å². The van der Waals surface area contributed by atoms with Gasteiger partial charge in [-0.2, -0.15) is 13.2 Å². The molecule has 0 aliphatic heterocycles. The normalized spacial score (nSPS) is 11.7. The van der Waals surface area contributed by atoms with E-state index in [1.54, 1.807) is 6.92 Å². The number of nitrogens with one attached hydrogen (secondary N) is 1. The number of methoxy groups -OCH3 is 1. The van der Waals surface area contributed by atoms with Gasteiger partial charge >= 0.3 is 12.1 Å². The minimum absolute atomic E-state index is 0.188. The highest BCUT2D eigenvalue weighted by molar-refractivity contribution is 7.92. The molecule has 0 radical (unpaired) electrons. The second kappa shape index (κ2) is 9.15. The van der Waals surface area contributed by atoms with E-state index in [-0.39, 0.29) is 16.9 Å². The third-order valence-corrected chi connectivity index (χ3v) is 5.71. The van der Waals surface area contributed by atoms with E-state index in [4.69, 9.17) is 11.6 Å². The van der Waals surface area contributed by atoms with Gasteiger partial charge in [-0.05, 0) is 42.8 Å². The third-order valence-electron chi connectivity index (χ3n) is 4.24. The topological polar surface area (TPSA) is 92.8 Å². The van der Waals surface area contributed by atoms with Crippen LogP contribution in [0.1, 0.15) is 21.5 Å². The first-order chi connectivity index (χ1) is 14.3. The number of benzene rings is 2. The van der Waals surface area contributed by atoms with E-state index in [1.165, 1.54) is 25.3 Å². The molecule has 1 amide bonds. The van der Waals surface area contributed by atoms with Crippen molar-refractivity contribution in [3.63, 3.8) is 0 Å². The number of sulfonamides is 1. The van der Waals surface area contributed by atoms with Crippen molar-refractivity contribution < 1.29 is 35.9 Å². The number of hydrogen-bond acceptors (Lipinski definition) is 5. The summed E-state index contributed by atoms with van der Waals surface area (Å²) in [7, 11) is -2.94. The molecule has 0 saturated carbocycles. The van der Waals surface area contributed by atoms with Gasteiger partial charge in [0.25, 0.3) is 0 Å². The highest BCUT2D eigenvalue weighted by Gasteiger charge is 2.34. The van der Waals surface area contributed by atoms with Crippen molar-refractivity contribution in [3.05, 3.63) is 58.1 Å². The molecule has 168 valence electrons. The second-order valence-electron chi connectivity index (χ2n) is 6.45. The molecule has 2 aromatic carbocycles. The SMILES string of the molecule is COC(=O)c1cccc(NC(=O)CN(c2ccc(Cl)c(C(F)(F)F)c2)S(C)(=O)=O)c1C. The maximum Gasteiger partial charge on any atom is 0.417 e. The van der Waals surface area contributed by atoms with Gasteiger partial charge in [-0.25, -0.2) is 13.2 Å². The number of carbonyl (C=O) groups is 2. The van der Waals surface area contributed by atoms with E-state index in [1.807, 2.05) is 0 Å². The van der Waals surface area contributed by atoms with E-state index in [9.17, 15) is 31.2 Å². The van der Waals surface area contributed by atoms with Gasteiger partial charge in [0.05, 0.1) is 35.2 Å². The number of hydrogen-bond donors (Lipinski definition) is 1. The molecular weight excluding hydrogens is 461 g/mol. The van der Waals surface area contributed by atoms with Crippen LogP contribution >= 0.6 is 11.6 Å². The summed E-state index contributed by atoms with van der Waals surface area (Å²) in [5.41, 5.74) is -0.836. The van der Waals surface area contributed by atoms with Crippen molar-refractivity contribution in [3.8, 4) is 0 Å². The van der Waals surface area contributed by atoms with Crippen molar-refractivity contribution in [2.75, 3.05) is 29.5 Å². The van der Waals surface area contributed by atoms with E-state index >= 15 is 0 Å². The smallest absolute Gasteiger partial charge is 0.417 e. The van der Waals surface area contributed by atoms with Crippen molar-refractivity contribution >= 4 is 44.9 Å². The zero-order valence-electron chi connectivity index (χ0n) is 16.6. The molecule has 0 spiro atoms.